The highest BCUT2D eigenvalue weighted by atomic mass is 35.5. The van der Waals surface area contributed by atoms with E-state index in [-0.39, 0.29) is 24.4 Å². The van der Waals surface area contributed by atoms with Gasteiger partial charge in [-0.3, -0.25) is 14.4 Å². The van der Waals surface area contributed by atoms with Crippen molar-refractivity contribution in [1.82, 2.24) is 0 Å². The zero-order valence-electron chi connectivity index (χ0n) is 10.8. The number of hydrogen-bond acceptors (Lipinski definition) is 3. The SMILES string of the molecule is CC(C)(CC(=O)CC(=O)c1ccc(Cl)cc1)C(=O)O. The van der Waals surface area contributed by atoms with Gasteiger partial charge in [0.2, 0.25) is 0 Å². The molecule has 1 N–H and O–H groups in total. The molecular formula is C14H15ClO4. The van der Waals surface area contributed by atoms with Crippen LogP contribution in [0.1, 0.15) is 37.0 Å². The number of hydrogen-bond donors (Lipinski definition) is 1. The van der Waals surface area contributed by atoms with Gasteiger partial charge in [-0.2, -0.15) is 0 Å². The van der Waals surface area contributed by atoms with Gasteiger partial charge < -0.3 is 5.11 Å². The minimum atomic E-state index is -1.16. The van der Waals surface area contributed by atoms with Gasteiger partial charge in [0.05, 0.1) is 11.8 Å². The number of carbonyl (C=O) groups excluding carboxylic acids is 2. The van der Waals surface area contributed by atoms with Crippen LogP contribution in [0.2, 0.25) is 5.02 Å². The monoisotopic (exact) mass is 282 g/mol. The van der Waals surface area contributed by atoms with Gasteiger partial charge in [-0.05, 0) is 38.1 Å². The molecule has 0 fully saturated rings. The van der Waals surface area contributed by atoms with Gasteiger partial charge >= 0.3 is 5.97 Å². The molecule has 0 aliphatic heterocycles. The van der Waals surface area contributed by atoms with E-state index in [0.717, 1.165) is 0 Å². The maximum absolute atomic E-state index is 11.8. The number of benzene rings is 1. The summed E-state index contributed by atoms with van der Waals surface area (Å²) in [6.45, 7) is 2.92. The summed E-state index contributed by atoms with van der Waals surface area (Å²) in [5, 5.41) is 9.43. The summed E-state index contributed by atoms with van der Waals surface area (Å²) >= 11 is 5.70. The first-order valence-corrected chi connectivity index (χ1v) is 6.14. The molecular weight excluding hydrogens is 268 g/mol. The predicted molar refractivity (Wildman–Crippen MR) is 71.4 cm³/mol. The van der Waals surface area contributed by atoms with E-state index in [1.165, 1.54) is 13.8 Å². The first-order chi connectivity index (χ1) is 8.72. The Morgan fingerprint density at radius 1 is 1.16 bits per heavy atom. The summed E-state index contributed by atoms with van der Waals surface area (Å²) in [4.78, 5) is 34.4. The average molecular weight is 283 g/mol. The summed E-state index contributed by atoms with van der Waals surface area (Å²) in [5.41, 5.74) is -0.761. The van der Waals surface area contributed by atoms with Crippen LogP contribution in [0.3, 0.4) is 0 Å². The minimum Gasteiger partial charge on any atom is -0.481 e. The van der Waals surface area contributed by atoms with Gasteiger partial charge in [0, 0.05) is 17.0 Å². The van der Waals surface area contributed by atoms with E-state index >= 15 is 0 Å². The van der Waals surface area contributed by atoms with Crippen LogP contribution in [0.4, 0.5) is 0 Å². The Labute approximate surface area is 116 Å². The lowest BCUT2D eigenvalue weighted by Gasteiger charge is -2.17. The largest absolute Gasteiger partial charge is 0.481 e. The molecule has 1 aromatic carbocycles. The van der Waals surface area contributed by atoms with Crippen LogP contribution in [-0.4, -0.2) is 22.6 Å². The first-order valence-electron chi connectivity index (χ1n) is 5.76. The predicted octanol–water partition coefficient (Wildman–Crippen LogP) is 2.98. The number of Topliss-reactive ketones (excluding diaryl/α,β-unsaturated/α-hetero) is 2. The third kappa shape index (κ3) is 4.48. The normalized spacial score (nSPS) is 11.1. The molecule has 0 aromatic heterocycles. The van der Waals surface area contributed by atoms with Crippen molar-refractivity contribution in [2.45, 2.75) is 26.7 Å². The van der Waals surface area contributed by atoms with E-state index in [0.29, 0.717) is 10.6 Å². The molecule has 4 nitrogen and oxygen atoms in total. The van der Waals surface area contributed by atoms with Gasteiger partial charge in [0.15, 0.2) is 5.78 Å². The van der Waals surface area contributed by atoms with Gasteiger partial charge in [-0.25, -0.2) is 0 Å². The van der Waals surface area contributed by atoms with Crippen LogP contribution in [0.25, 0.3) is 0 Å². The van der Waals surface area contributed by atoms with Crippen molar-refractivity contribution in [3.05, 3.63) is 34.9 Å². The highest BCUT2D eigenvalue weighted by molar-refractivity contribution is 6.30. The lowest BCUT2D eigenvalue weighted by molar-refractivity contribution is -0.149. The fraction of sp³-hybridized carbons (Fsp3) is 0.357. The Morgan fingerprint density at radius 3 is 2.16 bits per heavy atom. The fourth-order valence-corrected chi connectivity index (χ4v) is 1.67. The molecule has 0 spiro atoms. The van der Waals surface area contributed by atoms with Gasteiger partial charge in [0.25, 0.3) is 0 Å². The van der Waals surface area contributed by atoms with Crippen molar-refractivity contribution < 1.29 is 19.5 Å². The molecule has 1 aromatic rings. The lowest BCUT2D eigenvalue weighted by atomic mass is 9.86. The highest BCUT2D eigenvalue weighted by Gasteiger charge is 2.30. The van der Waals surface area contributed by atoms with Crippen LogP contribution in [0.15, 0.2) is 24.3 Å². The number of carboxylic acids is 1. The molecule has 0 amide bonds. The number of carbonyl (C=O) groups is 3. The highest BCUT2D eigenvalue weighted by Crippen LogP contribution is 2.22. The van der Waals surface area contributed by atoms with E-state index in [1.807, 2.05) is 0 Å². The van der Waals surface area contributed by atoms with Crippen LogP contribution >= 0.6 is 11.6 Å². The van der Waals surface area contributed by atoms with E-state index in [9.17, 15) is 14.4 Å². The summed E-state index contributed by atoms with van der Waals surface area (Å²) in [7, 11) is 0. The van der Waals surface area contributed by atoms with Gasteiger partial charge in [0.1, 0.15) is 5.78 Å². The van der Waals surface area contributed by atoms with E-state index in [4.69, 9.17) is 16.7 Å². The van der Waals surface area contributed by atoms with Crippen molar-refractivity contribution in [2.24, 2.45) is 5.41 Å². The molecule has 19 heavy (non-hydrogen) atoms. The topological polar surface area (TPSA) is 71.4 Å². The molecule has 1 rings (SSSR count). The van der Waals surface area contributed by atoms with Crippen LogP contribution in [-0.2, 0) is 9.59 Å². The second-order valence-corrected chi connectivity index (χ2v) is 5.45. The molecule has 0 saturated heterocycles. The second kappa shape index (κ2) is 5.97. The maximum Gasteiger partial charge on any atom is 0.309 e. The van der Waals surface area contributed by atoms with E-state index < -0.39 is 11.4 Å². The molecule has 0 atom stereocenters. The van der Waals surface area contributed by atoms with Gasteiger partial charge in [-0.15, -0.1) is 0 Å². The number of carboxylic acid groups (broad SMARTS) is 1. The second-order valence-electron chi connectivity index (χ2n) is 5.01. The Bertz CT molecular complexity index is 503. The molecule has 0 saturated carbocycles. The third-order valence-corrected chi connectivity index (χ3v) is 2.99. The molecule has 0 unspecified atom stereocenters. The summed E-state index contributed by atoms with van der Waals surface area (Å²) < 4.78 is 0. The summed E-state index contributed by atoms with van der Waals surface area (Å²) in [5.74, 6) is -1.77. The number of aliphatic carboxylic acids is 1. The molecule has 0 aliphatic rings. The fourth-order valence-electron chi connectivity index (χ4n) is 1.55. The number of rotatable bonds is 6. The van der Waals surface area contributed by atoms with Crippen molar-refractivity contribution in [2.75, 3.05) is 0 Å². The van der Waals surface area contributed by atoms with E-state index in [1.54, 1.807) is 24.3 Å². The average Bonchev–Trinajstić information content (AvgIpc) is 2.28. The first kappa shape index (κ1) is 15.4. The van der Waals surface area contributed by atoms with Crippen molar-refractivity contribution >= 4 is 29.1 Å². The van der Waals surface area contributed by atoms with Crippen LogP contribution < -0.4 is 0 Å². The molecule has 0 bridgehead atoms. The summed E-state index contributed by atoms with van der Waals surface area (Å²) in [6, 6.07) is 6.22. The molecule has 0 heterocycles. The van der Waals surface area contributed by atoms with Crippen LogP contribution in [0.5, 0.6) is 0 Å². The zero-order chi connectivity index (χ0) is 14.6. The van der Waals surface area contributed by atoms with Gasteiger partial charge in [-0.1, -0.05) is 11.6 Å². The molecule has 5 heteroatoms. The maximum atomic E-state index is 11.8. The Morgan fingerprint density at radius 2 is 1.68 bits per heavy atom. The third-order valence-electron chi connectivity index (χ3n) is 2.74. The molecule has 102 valence electrons. The number of ketones is 2. The molecule has 0 radical (unpaired) electrons. The Balaban J connectivity index is 2.65. The van der Waals surface area contributed by atoms with Crippen LogP contribution in [0, 0.1) is 5.41 Å². The number of halogens is 1. The zero-order valence-corrected chi connectivity index (χ0v) is 11.5. The molecule has 0 aliphatic carbocycles. The quantitative estimate of drug-likeness (QED) is 0.643. The Hall–Kier alpha value is -1.68. The summed E-state index contributed by atoms with van der Waals surface area (Å²) in [6.07, 6.45) is -0.458. The Kier molecular flexibility index (Phi) is 4.84. The minimum absolute atomic E-state index is 0.165. The van der Waals surface area contributed by atoms with E-state index in [2.05, 4.69) is 0 Å². The smallest absolute Gasteiger partial charge is 0.309 e. The van der Waals surface area contributed by atoms with Crippen molar-refractivity contribution in [3.8, 4) is 0 Å². The standard InChI is InChI=1S/C14H15ClO4/c1-14(2,13(18)19)8-11(16)7-12(17)9-3-5-10(15)6-4-9/h3-6H,7-8H2,1-2H3,(H,18,19). The lowest BCUT2D eigenvalue weighted by Crippen LogP contribution is -2.27. The van der Waals surface area contributed by atoms with Crippen molar-refractivity contribution in [3.63, 3.8) is 0 Å². The van der Waals surface area contributed by atoms with Crippen molar-refractivity contribution in [1.29, 1.82) is 0 Å².